The lowest BCUT2D eigenvalue weighted by atomic mass is 9.87. The third-order valence-electron chi connectivity index (χ3n) is 4.12. The number of amides is 1. The van der Waals surface area contributed by atoms with Crippen LogP contribution in [0.5, 0.6) is 0 Å². The van der Waals surface area contributed by atoms with Gasteiger partial charge in [0, 0.05) is 24.6 Å². The van der Waals surface area contributed by atoms with Crippen LogP contribution in [0.3, 0.4) is 0 Å². The number of nitrogens with one attached hydrogen (secondary N) is 2. The number of benzene rings is 1. The van der Waals surface area contributed by atoms with E-state index in [2.05, 4.69) is 58.7 Å². The minimum atomic E-state index is -0.264. The molecule has 27 heavy (non-hydrogen) atoms. The molecule has 0 fully saturated rings. The molecule has 138 valence electrons. The van der Waals surface area contributed by atoms with Crippen molar-refractivity contribution in [3.8, 4) is 0 Å². The van der Waals surface area contributed by atoms with Gasteiger partial charge >= 0.3 is 0 Å². The van der Waals surface area contributed by atoms with E-state index in [1.165, 1.54) is 5.56 Å². The average Bonchev–Trinajstić information content (AvgIpc) is 2.67. The zero-order valence-electron chi connectivity index (χ0n) is 15.7. The van der Waals surface area contributed by atoms with E-state index in [1.807, 2.05) is 24.3 Å². The molecule has 0 unspecified atom stereocenters. The van der Waals surface area contributed by atoms with E-state index < -0.39 is 0 Å². The lowest BCUT2D eigenvalue weighted by Gasteiger charge is -2.19. The summed E-state index contributed by atoms with van der Waals surface area (Å²) >= 11 is 0. The average molecular weight is 361 g/mol. The SMILES string of the molecule is CC(C)(C)c1ccc(Nc2ccc(C(=O)NCc3ccncc3)nn2)cc1. The molecule has 3 aromatic rings. The van der Waals surface area contributed by atoms with Gasteiger partial charge in [-0.05, 0) is 52.9 Å². The topological polar surface area (TPSA) is 79.8 Å². The number of hydrogen-bond acceptors (Lipinski definition) is 5. The minimum Gasteiger partial charge on any atom is -0.347 e. The molecular weight excluding hydrogens is 338 g/mol. The Morgan fingerprint density at radius 3 is 2.22 bits per heavy atom. The van der Waals surface area contributed by atoms with E-state index in [4.69, 9.17) is 0 Å². The predicted molar refractivity (Wildman–Crippen MR) is 106 cm³/mol. The van der Waals surface area contributed by atoms with Gasteiger partial charge in [-0.1, -0.05) is 32.9 Å². The van der Waals surface area contributed by atoms with E-state index in [1.54, 1.807) is 24.5 Å². The number of anilines is 2. The second-order valence-corrected chi connectivity index (χ2v) is 7.29. The first-order valence-electron chi connectivity index (χ1n) is 8.80. The molecule has 2 N–H and O–H groups in total. The summed E-state index contributed by atoms with van der Waals surface area (Å²) in [5.74, 6) is 0.324. The van der Waals surface area contributed by atoms with Crippen molar-refractivity contribution in [2.75, 3.05) is 5.32 Å². The molecule has 0 aliphatic rings. The molecule has 2 aromatic heterocycles. The van der Waals surface area contributed by atoms with Gasteiger partial charge in [0.05, 0.1) is 0 Å². The number of nitrogens with zero attached hydrogens (tertiary/aromatic N) is 3. The molecule has 0 spiro atoms. The van der Waals surface area contributed by atoms with Crippen LogP contribution in [0, 0.1) is 0 Å². The highest BCUT2D eigenvalue weighted by molar-refractivity contribution is 5.92. The lowest BCUT2D eigenvalue weighted by Crippen LogP contribution is -2.24. The van der Waals surface area contributed by atoms with Crippen LogP contribution >= 0.6 is 0 Å². The second-order valence-electron chi connectivity index (χ2n) is 7.29. The summed E-state index contributed by atoms with van der Waals surface area (Å²) in [7, 11) is 0. The number of carbonyl (C=O) groups excluding carboxylic acids is 1. The molecule has 0 aliphatic heterocycles. The summed E-state index contributed by atoms with van der Waals surface area (Å²) in [4.78, 5) is 16.1. The van der Waals surface area contributed by atoms with Crippen LogP contribution in [-0.2, 0) is 12.0 Å². The molecule has 3 rings (SSSR count). The Kier molecular flexibility index (Phi) is 5.45. The van der Waals surface area contributed by atoms with Crippen LogP contribution in [0.4, 0.5) is 11.5 Å². The van der Waals surface area contributed by atoms with Crippen molar-refractivity contribution < 1.29 is 4.79 Å². The maximum absolute atomic E-state index is 12.2. The molecule has 0 radical (unpaired) electrons. The van der Waals surface area contributed by atoms with E-state index in [-0.39, 0.29) is 17.0 Å². The quantitative estimate of drug-likeness (QED) is 0.722. The van der Waals surface area contributed by atoms with Crippen molar-refractivity contribution in [3.63, 3.8) is 0 Å². The number of pyridine rings is 1. The van der Waals surface area contributed by atoms with Gasteiger partial charge in [0.15, 0.2) is 11.5 Å². The fourth-order valence-corrected chi connectivity index (χ4v) is 2.50. The highest BCUT2D eigenvalue weighted by Crippen LogP contribution is 2.24. The van der Waals surface area contributed by atoms with Crippen LogP contribution < -0.4 is 10.6 Å². The Balaban J connectivity index is 1.59. The van der Waals surface area contributed by atoms with Gasteiger partial charge in [0.25, 0.3) is 5.91 Å². The smallest absolute Gasteiger partial charge is 0.272 e. The van der Waals surface area contributed by atoms with Crippen LogP contribution in [0.15, 0.2) is 60.9 Å². The molecule has 1 aromatic carbocycles. The van der Waals surface area contributed by atoms with E-state index in [0.29, 0.717) is 12.4 Å². The molecule has 0 aliphatic carbocycles. The van der Waals surface area contributed by atoms with Crippen LogP contribution in [0.2, 0.25) is 0 Å². The zero-order valence-corrected chi connectivity index (χ0v) is 15.7. The summed E-state index contributed by atoms with van der Waals surface area (Å²) in [6.07, 6.45) is 3.38. The Bertz CT molecular complexity index is 885. The van der Waals surface area contributed by atoms with Crippen molar-refractivity contribution in [2.24, 2.45) is 0 Å². The van der Waals surface area contributed by atoms with Gasteiger partial charge in [-0.15, -0.1) is 10.2 Å². The van der Waals surface area contributed by atoms with Gasteiger partial charge in [0.1, 0.15) is 0 Å². The third kappa shape index (κ3) is 5.10. The molecule has 0 saturated carbocycles. The Labute approximate surface area is 159 Å². The Morgan fingerprint density at radius 2 is 1.63 bits per heavy atom. The first-order valence-corrected chi connectivity index (χ1v) is 8.80. The lowest BCUT2D eigenvalue weighted by molar-refractivity contribution is 0.0945. The fraction of sp³-hybridized carbons (Fsp3) is 0.238. The summed E-state index contributed by atoms with van der Waals surface area (Å²) in [5.41, 5.74) is 3.55. The Morgan fingerprint density at radius 1 is 0.926 bits per heavy atom. The summed E-state index contributed by atoms with van der Waals surface area (Å²) in [6.45, 7) is 6.96. The fourth-order valence-electron chi connectivity index (χ4n) is 2.50. The molecular formula is C21H23N5O. The van der Waals surface area contributed by atoms with Crippen molar-refractivity contribution in [1.82, 2.24) is 20.5 Å². The van der Waals surface area contributed by atoms with Crippen molar-refractivity contribution in [3.05, 3.63) is 77.7 Å². The third-order valence-corrected chi connectivity index (χ3v) is 4.12. The van der Waals surface area contributed by atoms with E-state index in [0.717, 1.165) is 11.3 Å². The van der Waals surface area contributed by atoms with Crippen LogP contribution in [-0.4, -0.2) is 21.1 Å². The zero-order chi connectivity index (χ0) is 19.3. The highest BCUT2D eigenvalue weighted by Gasteiger charge is 2.13. The maximum atomic E-state index is 12.2. The van der Waals surface area contributed by atoms with Gasteiger partial charge in [0.2, 0.25) is 0 Å². The first kappa shape index (κ1) is 18.5. The number of aromatic nitrogens is 3. The van der Waals surface area contributed by atoms with Gasteiger partial charge in [-0.25, -0.2) is 0 Å². The van der Waals surface area contributed by atoms with Crippen molar-refractivity contribution in [1.29, 1.82) is 0 Å². The molecule has 0 bridgehead atoms. The molecule has 2 heterocycles. The van der Waals surface area contributed by atoms with Gasteiger partial charge < -0.3 is 10.6 Å². The summed E-state index contributed by atoms with van der Waals surface area (Å²) in [5, 5.41) is 14.1. The van der Waals surface area contributed by atoms with Crippen molar-refractivity contribution >= 4 is 17.4 Å². The normalized spacial score (nSPS) is 11.1. The second kappa shape index (κ2) is 7.95. The first-order chi connectivity index (χ1) is 12.9. The minimum absolute atomic E-state index is 0.115. The Hall–Kier alpha value is -3.28. The summed E-state index contributed by atoms with van der Waals surface area (Å²) < 4.78 is 0. The van der Waals surface area contributed by atoms with E-state index in [9.17, 15) is 4.79 Å². The molecule has 6 heteroatoms. The molecule has 0 atom stereocenters. The van der Waals surface area contributed by atoms with E-state index >= 15 is 0 Å². The van der Waals surface area contributed by atoms with Gasteiger partial charge in [-0.3, -0.25) is 9.78 Å². The maximum Gasteiger partial charge on any atom is 0.272 e. The molecule has 6 nitrogen and oxygen atoms in total. The standard InChI is InChI=1S/C21H23N5O/c1-21(2,3)16-4-6-17(7-5-16)24-19-9-8-18(25-26-19)20(27)23-14-15-10-12-22-13-11-15/h4-13H,14H2,1-3H3,(H,23,27)(H,24,26). The van der Waals surface area contributed by atoms with Crippen molar-refractivity contribution in [2.45, 2.75) is 32.7 Å². The van der Waals surface area contributed by atoms with Crippen LogP contribution in [0.25, 0.3) is 0 Å². The monoisotopic (exact) mass is 361 g/mol. The van der Waals surface area contributed by atoms with Crippen LogP contribution in [0.1, 0.15) is 42.4 Å². The summed E-state index contributed by atoms with van der Waals surface area (Å²) in [6, 6.07) is 15.3. The number of rotatable bonds is 5. The highest BCUT2D eigenvalue weighted by atomic mass is 16.1. The number of hydrogen-bond donors (Lipinski definition) is 2. The molecule has 0 saturated heterocycles. The predicted octanol–water partition coefficient (Wildman–Crippen LogP) is 3.84. The largest absolute Gasteiger partial charge is 0.347 e. The number of carbonyl (C=O) groups is 1. The van der Waals surface area contributed by atoms with Gasteiger partial charge in [-0.2, -0.15) is 0 Å². The molecule has 1 amide bonds.